The van der Waals surface area contributed by atoms with Gasteiger partial charge in [-0.25, -0.2) is 0 Å². The SMILES string of the molecule is C=CC(N)c1csc(Br)c1. The second-order valence-corrected chi connectivity index (χ2v) is 4.24. The predicted octanol–water partition coefficient (Wildman–Crippen LogP) is 2.70. The van der Waals surface area contributed by atoms with Crippen molar-refractivity contribution in [2.75, 3.05) is 0 Å². The molecular weight excluding hydrogens is 210 g/mol. The molecule has 0 aliphatic carbocycles. The van der Waals surface area contributed by atoms with Gasteiger partial charge in [-0.1, -0.05) is 6.08 Å². The van der Waals surface area contributed by atoms with Crippen molar-refractivity contribution in [1.82, 2.24) is 0 Å². The van der Waals surface area contributed by atoms with Gasteiger partial charge in [0.05, 0.1) is 3.79 Å². The lowest BCUT2D eigenvalue weighted by atomic mass is 10.2. The van der Waals surface area contributed by atoms with Crippen LogP contribution in [0.25, 0.3) is 0 Å². The highest BCUT2D eigenvalue weighted by Gasteiger charge is 2.02. The summed E-state index contributed by atoms with van der Waals surface area (Å²) in [6, 6.07) is 1.99. The van der Waals surface area contributed by atoms with Gasteiger partial charge < -0.3 is 5.73 Å². The molecule has 1 aromatic rings. The van der Waals surface area contributed by atoms with Crippen LogP contribution < -0.4 is 5.73 Å². The van der Waals surface area contributed by atoms with Gasteiger partial charge >= 0.3 is 0 Å². The molecule has 1 aromatic heterocycles. The maximum absolute atomic E-state index is 5.68. The van der Waals surface area contributed by atoms with E-state index >= 15 is 0 Å². The molecule has 10 heavy (non-hydrogen) atoms. The zero-order valence-electron chi connectivity index (χ0n) is 5.38. The zero-order chi connectivity index (χ0) is 7.56. The first-order valence-electron chi connectivity index (χ1n) is 2.86. The van der Waals surface area contributed by atoms with Crippen LogP contribution in [-0.4, -0.2) is 0 Å². The molecule has 1 atom stereocenters. The van der Waals surface area contributed by atoms with Crippen LogP contribution in [0.4, 0.5) is 0 Å². The molecule has 1 heterocycles. The lowest BCUT2D eigenvalue weighted by molar-refractivity contribution is 0.920. The summed E-state index contributed by atoms with van der Waals surface area (Å²) < 4.78 is 1.11. The molecular formula is C7H8BrNS. The average molecular weight is 218 g/mol. The summed E-state index contributed by atoms with van der Waals surface area (Å²) in [4.78, 5) is 0. The van der Waals surface area contributed by atoms with E-state index in [0.29, 0.717) is 0 Å². The van der Waals surface area contributed by atoms with Gasteiger partial charge in [0.1, 0.15) is 0 Å². The number of halogens is 1. The fourth-order valence-electron chi connectivity index (χ4n) is 0.634. The first-order chi connectivity index (χ1) is 4.74. The molecule has 0 saturated heterocycles. The summed E-state index contributed by atoms with van der Waals surface area (Å²) in [5, 5.41) is 2.02. The molecule has 0 bridgehead atoms. The van der Waals surface area contributed by atoms with Gasteiger partial charge in [-0.15, -0.1) is 17.9 Å². The summed E-state index contributed by atoms with van der Waals surface area (Å²) >= 11 is 5.00. The number of hydrogen-bond acceptors (Lipinski definition) is 2. The van der Waals surface area contributed by atoms with Crippen LogP contribution >= 0.6 is 27.3 Å². The molecule has 1 nitrogen and oxygen atoms in total. The Hall–Kier alpha value is -0.120. The molecule has 1 rings (SSSR count). The van der Waals surface area contributed by atoms with Crippen molar-refractivity contribution in [3.05, 3.63) is 33.5 Å². The maximum Gasteiger partial charge on any atom is 0.0701 e. The van der Waals surface area contributed by atoms with Gasteiger partial charge in [0, 0.05) is 6.04 Å². The van der Waals surface area contributed by atoms with Crippen LogP contribution in [0.5, 0.6) is 0 Å². The van der Waals surface area contributed by atoms with Crippen molar-refractivity contribution in [2.24, 2.45) is 5.73 Å². The Kier molecular flexibility index (Phi) is 2.65. The Balaban J connectivity index is 2.84. The van der Waals surface area contributed by atoms with E-state index in [1.807, 2.05) is 11.4 Å². The topological polar surface area (TPSA) is 26.0 Å². The lowest BCUT2D eigenvalue weighted by Gasteiger charge is -1.99. The first kappa shape index (κ1) is 7.98. The number of nitrogens with two attached hydrogens (primary N) is 1. The molecule has 3 heteroatoms. The van der Waals surface area contributed by atoms with Gasteiger partial charge in [0.2, 0.25) is 0 Å². The first-order valence-corrected chi connectivity index (χ1v) is 4.53. The molecule has 54 valence electrons. The molecule has 0 spiro atoms. The average Bonchev–Trinajstić information content (AvgIpc) is 2.34. The fraction of sp³-hybridized carbons (Fsp3) is 0.143. The van der Waals surface area contributed by atoms with Gasteiger partial charge in [-0.2, -0.15) is 0 Å². The monoisotopic (exact) mass is 217 g/mol. The van der Waals surface area contributed by atoms with Crippen molar-refractivity contribution in [2.45, 2.75) is 6.04 Å². The molecule has 2 N–H and O–H groups in total. The highest BCUT2D eigenvalue weighted by atomic mass is 79.9. The van der Waals surface area contributed by atoms with Gasteiger partial charge in [0.15, 0.2) is 0 Å². The van der Waals surface area contributed by atoms with Gasteiger partial charge in [0.25, 0.3) is 0 Å². The summed E-state index contributed by atoms with van der Waals surface area (Å²) in [5.74, 6) is 0. The standard InChI is InChI=1S/C7H8BrNS/c1-2-6(9)5-3-7(8)10-4-5/h2-4,6H,1,9H2. The second-order valence-electron chi connectivity index (χ2n) is 1.95. The van der Waals surface area contributed by atoms with E-state index in [1.54, 1.807) is 17.4 Å². The Labute approximate surface area is 72.7 Å². The Morgan fingerprint density at radius 1 is 1.80 bits per heavy atom. The highest BCUT2D eigenvalue weighted by molar-refractivity contribution is 9.11. The largest absolute Gasteiger partial charge is 0.321 e. The van der Waals surface area contributed by atoms with E-state index in [-0.39, 0.29) is 6.04 Å². The third kappa shape index (κ3) is 1.68. The highest BCUT2D eigenvalue weighted by Crippen LogP contribution is 2.24. The summed E-state index contributed by atoms with van der Waals surface area (Å²) in [6.45, 7) is 3.61. The number of hydrogen-bond donors (Lipinski definition) is 1. The summed E-state index contributed by atoms with van der Waals surface area (Å²) in [7, 11) is 0. The maximum atomic E-state index is 5.68. The summed E-state index contributed by atoms with van der Waals surface area (Å²) in [5.41, 5.74) is 6.79. The fourth-order valence-corrected chi connectivity index (χ4v) is 1.86. The van der Waals surface area contributed by atoms with Crippen molar-refractivity contribution in [1.29, 1.82) is 0 Å². The van der Waals surface area contributed by atoms with Crippen molar-refractivity contribution in [3.8, 4) is 0 Å². The van der Waals surface area contributed by atoms with Crippen LogP contribution in [0.2, 0.25) is 0 Å². The molecule has 0 aliphatic heterocycles. The van der Waals surface area contributed by atoms with Gasteiger partial charge in [-0.05, 0) is 32.9 Å². The Bertz CT molecular complexity index is 231. The minimum atomic E-state index is -0.0254. The molecule has 0 aliphatic rings. The molecule has 0 radical (unpaired) electrons. The van der Waals surface area contributed by atoms with Gasteiger partial charge in [-0.3, -0.25) is 0 Å². The molecule has 0 aromatic carbocycles. The van der Waals surface area contributed by atoms with Crippen molar-refractivity contribution >= 4 is 27.3 Å². The molecule has 0 saturated carbocycles. The number of rotatable bonds is 2. The van der Waals surface area contributed by atoms with E-state index in [2.05, 4.69) is 22.5 Å². The van der Waals surface area contributed by atoms with Crippen LogP contribution in [0.15, 0.2) is 27.9 Å². The Morgan fingerprint density at radius 2 is 2.50 bits per heavy atom. The van der Waals surface area contributed by atoms with Crippen molar-refractivity contribution in [3.63, 3.8) is 0 Å². The van der Waals surface area contributed by atoms with Crippen LogP contribution in [0, 0.1) is 0 Å². The quantitative estimate of drug-likeness (QED) is 0.759. The van der Waals surface area contributed by atoms with Crippen molar-refractivity contribution < 1.29 is 0 Å². The van der Waals surface area contributed by atoms with Crippen LogP contribution in [0.3, 0.4) is 0 Å². The van der Waals surface area contributed by atoms with E-state index < -0.39 is 0 Å². The number of thiophene rings is 1. The van der Waals surface area contributed by atoms with E-state index in [1.165, 1.54) is 0 Å². The molecule has 1 unspecified atom stereocenters. The molecule has 0 fully saturated rings. The smallest absolute Gasteiger partial charge is 0.0701 e. The zero-order valence-corrected chi connectivity index (χ0v) is 7.78. The van der Waals surface area contributed by atoms with Crippen LogP contribution in [0.1, 0.15) is 11.6 Å². The van der Waals surface area contributed by atoms with E-state index in [9.17, 15) is 0 Å². The van der Waals surface area contributed by atoms with Crippen LogP contribution in [-0.2, 0) is 0 Å². The summed E-state index contributed by atoms with van der Waals surface area (Å²) in [6.07, 6.45) is 1.73. The normalized spacial score (nSPS) is 13.0. The lowest BCUT2D eigenvalue weighted by Crippen LogP contribution is -2.04. The Morgan fingerprint density at radius 3 is 2.90 bits per heavy atom. The van der Waals surface area contributed by atoms with E-state index in [4.69, 9.17) is 5.73 Å². The predicted molar refractivity (Wildman–Crippen MR) is 49.1 cm³/mol. The molecule has 0 amide bonds. The minimum absolute atomic E-state index is 0.0254. The second kappa shape index (κ2) is 3.32. The third-order valence-electron chi connectivity index (χ3n) is 1.23. The van der Waals surface area contributed by atoms with E-state index in [0.717, 1.165) is 9.35 Å². The third-order valence-corrected chi connectivity index (χ3v) is 2.75. The minimum Gasteiger partial charge on any atom is -0.321 e.